The maximum atomic E-state index is 9.49. The van der Waals surface area contributed by atoms with Gasteiger partial charge < -0.3 is 27.2 Å². The Morgan fingerprint density at radius 3 is 1.27 bits per heavy atom. The zero-order chi connectivity index (χ0) is 14.7. The van der Waals surface area contributed by atoms with Gasteiger partial charge in [0.2, 0.25) is 0 Å². The van der Waals surface area contributed by atoms with E-state index in [0.717, 1.165) is 9.79 Å². The van der Waals surface area contributed by atoms with Gasteiger partial charge in [0.25, 0.3) is 0 Å². The molecule has 0 aliphatic carbocycles. The Labute approximate surface area is 143 Å². The lowest BCUT2D eigenvalue weighted by Crippen LogP contribution is -3.00. The fourth-order valence-corrected chi connectivity index (χ4v) is 4.19. The average Bonchev–Trinajstić information content (AvgIpc) is 2.52. The van der Waals surface area contributed by atoms with Crippen LogP contribution in [-0.2, 0) is 10.9 Å². The van der Waals surface area contributed by atoms with Crippen molar-refractivity contribution >= 4 is 10.9 Å². The van der Waals surface area contributed by atoms with Crippen LogP contribution in [0.4, 0.5) is 0 Å². The van der Waals surface area contributed by atoms with Crippen LogP contribution in [0.3, 0.4) is 0 Å². The van der Waals surface area contributed by atoms with E-state index < -0.39 is 0 Å². The highest BCUT2D eigenvalue weighted by atomic mass is 79.9. The van der Waals surface area contributed by atoms with Gasteiger partial charge in [-0.3, -0.25) is 0 Å². The van der Waals surface area contributed by atoms with Crippen LogP contribution in [0.5, 0.6) is 11.5 Å². The molecule has 0 aromatic heterocycles. The lowest BCUT2D eigenvalue weighted by atomic mass is 10.3. The number of hydrogen-bond donors (Lipinski definition) is 2. The Balaban J connectivity index is 0.00000176. The topological polar surface area (TPSA) is 40.5 Å². The maximum Gasteiger partial charge on any atom is 0.166 e. The quantitative estimate of drug-likeness (QED) is 0.676. The van der Waals surface area contributed by atoms with Gasteiger partial charge in [-0.2, -0.15) is 0 Å². The van der Waals surface area contributed by atoms with Gasteiger partial charge in [-0.1, -0.05) is 18.2 Å². The van der Waals surface area contributed by atoms with Crippen molar-refractivity contribution in [1.82, 2.24) is 0 Å². The summed E-state index contributed by atoms with van der Waals surface area (Å²) in [6.45, 7) is 0. The molecule has 0 saturated carbocycles. The summed E-state index contributed by atoms with van der Waals surface area (Å²) in [5, 5.41) is 19.0. The Morgan fingerprint density at radius 2 is 0.864 bits per heavy atom. The molecule has 0 spiro atoms. The van der Waals surface area contributed by atoms with Crippen molar-refractivity contribution in [2.75, 3.05) is 0 Å². The van der Waals surface area contributed by atoms with Crippen LogP contribution < -0.4 is 17.0 Å². The molecule has 4 heteroatoms. The second-order valence-electron chi connectivity index (χ2n) is 4.61. The van der Waals surface area contributed by atoms with E-state index in [0.29, 0.717) is 0 Å². The molecule has 0 radical (unpaired) electrons. The van der Waals surface area contributed by atoms with Gasteiger partial charge in [0.1, 0.15) is 11.5 Å². The molecular weight excluding hydrogens is 360 g/mol. The molecule has 0 amide bonds. The summed E-state index contributed by atoms with van der Waals surface area (Å²) in [6, 6.07) is 24.8. The maximum absolute atomic E-state index is 9.49. The molecule has 112 valence electrons. The SMILES string of the molecule is Oc1ccc([S+](c2ccccc2)c2ccc(O)cc2)cc1.[Br-]. The molecule has 0 bridgehead atoms. The second-order valence-corrected chi connectivity index (χ2v) is 6.63. The molecule has 22 heavy (non-hydrogen) atoms. The highest BCUT2D eigenvalue weighted by Crippen LogP contribution is 2.32. The van der Waals surface area contributed by atoms with E-state index >= 15 is 0 Å². The van der Waals surface area contributed by atoms with E-state index in [9.17, 15) is 10.2 Å². The van der Waals surface area contributed by atoms with Gasteiger partial charge in [0, 0.05) is 0 Å². The van der Waals surface area contributed by atoms with Crippen molar-refractivity contribution in [1.29, 1.82) is 0 Å². The largest absolute Gasteiger partial charge is 1.00 e. The van der Waals surface area contributed by atoms with Crippen LogP contribution in [0.15, 0.2) is 93.5 Å². The van der Waals surface area contributed by atoms with Crippen molar-refractivity contribution in [2.45, 2.75) is 14.7 Å². The summed E-state index contributed by atoms with van der Waals surface area (Å²) in [5.41, 5.74) is 0. The Kier molecular flexibility index (Phi) is 5.52. The van der Waals surface area contributed by atoms with E-state index in [2.05, 4.69) is 12.1 Å². The summed E-state index contributed by atoms with van der Waals surface area (Å²) in [6.07, 6.45) is 0. The van der Waals surface area contributed by atoms with Gasteiger partial charge in [-0.05, 0) is 60.7 Å². The van der Waals surface area contributed by atoms with Crippen molar-refractivity contribution < 1.29 is 27.2 Å². The third-order valence-electron chi connectivity index (χ3n) is 3.12. The standard InChI is InChI=1S/C18H14O2S.BrH/c19-14-6-10-17(11-7-14)21(16-4-2-1-3-5-16)18-12-8-15(20)9-13-18;/h1-13H,(H-,19,20);1H. The molecule has 0 unspecified atom stereocenters. The third kappa shape index (κ3) is 3.64. The number of phenolic OH excluding ortho intramolecular Hbond substituents is 2. The van der Waals surface area contributed by atoms with Crippen LogP contribution >= 0.6 is 0 Å². The zero-order valence-corrected chi connectivity index (χ0v) is 14.1. The number of halogens is 1. The second kappa shape index (κ2) is 7.38. The van der Waals surface area contributed by atoms with Gasteiger partial charge in [-0.25, -0.2) is 0 Å². The van der Waals surface area contributed by atoms with Crippen molar-refractivity contribution in [3.63, 3.8) is 0 Å². The van der Waals surface area contributed by atoms with Crippen LogP contribution in [0.2, 0.25) is 0 Å². The minimum Gasteiger partial charge on any atom is -1.00 e. The average molecular weight is 375 g/mol. The molecule has 0 aliphatic rings. The molecule has 3 aromatic rings. The van der Waals surface area contributed by atoms with Gasteiger partial charge in [0.15, 0.2) is 14.7 Å². The number of rotatable bonds is 3. The van der Waals surface area contributed by atoms with Crippen molar-refractivity contribution in [2.24, 2.45) is 0 Å². The molecule has 2 N–H and O–H groups in total. The zero-order valence-electron chi connectivity index (χ0n) is 11.7. The van der Waals surface area contributed by atoms with Crippen LogP contribution in [-0.4, -0.2) is 10.2 Å². The van der Waals surface area contributed by atoms with E-state index in [1.807, 2.05) is 42.5 Å². The number of aromatic hydroxyl groups is 2. The number of phenols is 2. The fraction of sp³-hybridized carbons (Fsp3) is 0. The lowest BCUT2D eigenvalue weighted by molar-refractivity contribution is -0.00000625. The van der Waals surface area contributed by atoms with E-state index in [1.165, 1.54) is 4.90 Å². The summed E-state index contributed by atoms with van der Waals surface area (Å²) in [4.78, 5) is 3.46. The number of hydrogen-bond acceptors (Lipinski definition) is 2. The van der Waals surface area contributed by atoms with Gasteiger partial charge in [0.05, 0.1) is 10.9 Å². The van der Waals surface area contributed by atoms with Crippen LogP contribution in [0.25, 0.3) is 0 Å². The molecule has 0 fully saturated rings. The molecule has 0 aliphatic heterocycles. The highest BCUT2D eigenvalue weighted by molar-refractivity contribution is 7.97. The molecular formula is C18H15BrO2S. The molecule has 3 rings (SSSR count). The predicted octanol–water partition coefficient (Wildman–Crippen LogP) is 1.20. The predicted molar refractivity (Wildman–Crippen MR) is 84.8 cm³/mol. The van der Waals surface area contributed by atoms with E-state index in [-0.39, 0.29) is 39.4 Å². The summed E-state index contributed by atoms with van der Waals surface area (Å²) in [5.74, 6) is 0.530. The fourth-order valence-electron chi connectivity index (χ4n) is 2.13. The minimum absolute atomic E-state index is 0. The molecule has 0 atom stereocenters. The number of benzene rings is 3. The highest BCUT2D eigenvalue weighted by Gasteiger charge is 2.28. The first kappa shape index (κ1) is 16.5. The van der Waals surface area contributed by atoms with Gasteiger partial charge in [-0.15, -0.1) is 0 Å². The first-order chi connectivity index (χ1) is 10.2. The minimum atomic E-state index is -0.253. The van der Waals surface area contributed by atoms with Crippen molar-refractivity contribution in [3.05, 3.63) is 78.9 Å². The Bertz CT molecular complexity index is 667. The normalized spacial score (nSPS) is 10.2. The summed E-state index contributed by atoms with van der Waals surface area (Å²) < 4.78 is 0. The van der Waals surface area contributed by atoms with E-state index in [4.69, 9.17) is 0 Å². The monoisotopic (exact) mass is 374 g/mol. The molecule has 3 aromatic carbocycles. The summed E-state index contributed by atoms with van der Waals surface area (Å²) in [7, 11) is -0.253. The van der Waals surface area contributed by atoms with Crippen LogP contribution in [0, 0.1) is 0 Å². The first-order valence-corrected chi connectivity index (χ1v) is 7.84. The van der Waals surface area contributed by atoms with Gasteiger partial charge >= 0.3 is 0 Å². The van der Waals surface area contributed by atoms with E-state index in [1.54, 1.807) is 24.3 Å². The molecule has 0 saturated heterocycles. The summed E-state index contributed by atoms with van der Waals surface area (Å²) >= 11 is 0. The van der Waals surface area contributed by atoms with Crippen LogP contribution in [0.1, 0.15) is 0 Å². The lowest BCUT2D eigenvalue weighted by Gasteiger charge is -2.08. The smallest absolute Gasteiger partial charge is 0.166 e. The Hall–Kier alpha value is -1.91. The molecule has 0 heterocycles. The third-order valence-corrected chi connectivity index (χ3v) is 5.35. The molecule has 2 nitrogen and oxygen atoms in total. The first-order valence-electron chi connectivity index (χ1n) is 6.61. The Morgan fingerprint density at radius 1 is 0.500 bits per heavy atom. The van der Waals surface area contributed by atoms with Crippen molar-refractivity contribution in [3.8, 4) is 11.5 Å².